The molecule has 0 amide bonds. The number of anilines is 3. The number of aromatic nitrogens is 3. The van der Waals surface area contributed by atoms with Crippen molar-refractivity contribution in [3.8, 4) is 0 Å². The van der Waals surface area contributed by atoms with E-state index in [9.17, 15) is 0 Å². The second-order valence-electron chi connectivity index (χ2n) is 4.85. The Balaban J connectivity index is 2.57. The minimum atomic E-state index is 0.227. The van der Waals surface area contributed by atoms with Crippen molar-refractivity contribution in [2.24, 2.45) is 5.92 Å². The Kier molecular flexibility index (Phi) is 7.00. The molecule has 0 aromatic carbocycles. The van der Waals surface area contributed by atoms with E-state index in [0.29, 0.717) is 17.8 Å². The number of rotatable bonds is 9. The van der Waals surface area contributed by atoms with Crippen LogP contribution in [-0.2, 0) is 0 Å². The molecule has 114 valence electrons. The normalized spacial score (nSPS) is 12.2. The highest BCUT2D eigenvalue weighted by Crippen LogP contribution is 2.12. The Morgan fingerprint density at radius 1 is 1.25 bits per heavy atom. The van der Waals surface area contributed by atoms with Crippen molar-refractivity contribution in [2.75, 3.05) is 42.2 Å². The van der Waals surface area contributed by atoms with Crippen LogP contribution in [-0.4, -0.2) is 46.3 Å². The second kappa shape index (κ2) is 8.52. The summed E-state index contributed by atoms with van der Waals surface area (Å²) in [6, 6.07) is 0. The Morgan fingerprint density at radius 2 is 1.95 bits per heavy atom. The van der Waals surface area contributed by atoms with Crippen molar-refractivity contribution in [3.63, 3.8) is 0 Å². The molecule has 0 fully saturated rings. The summed E-state index contributed by atoms with van der Waals surface area (Å²) in [4.78, 5) is 14.6. The molecular weight excluding hydrogens is 256 g/mol. The molecule has 7 heteroatoms. The van der Waals surface area contributed by atoms with Gasteiger partial charge in [-0.05, 0) is 32.6 Å². The maximum atomic E-state index is 8.96. The minimum absolute atomic E-state index is 0.227. The maximum Gasteiger partial charge on any atom is 0.231 e. The number of nitrogens with one attached hydrogen (secondary N) is 1. The zero-order valence-electron chi connectivity index (χ0n) is 12.6. The van der Waals surface area contributed by atoms with Gasteiger partial charge >= 0.3 is 0 Å². The quantitative estimate of drug-likeness (QED) is 0.583. The first-order valence-corrected chi connectivity index (χ1v) is 7.21. The smallest absolute Gasteiger partial charge is 0.231 e. The van der Waals surface area contributed by atoms with Crippen LogP contribution in [0, 0.1) is 5.92 Å². The van der Waals surface area contributed by atoms with Gasteiger partial charge in [-0.1, -0.05) is 6.92 Å². The summed E-state index contributed by atoms with van der Waals surface area (Å²) < 4.78 is 0. The Morgan fingerprint density at radius 3 is 2.55 bits per heavy atom. The van der Waals surface area contributed by atoms with Crippen LogP contribution >= 0.6 is 0 Å². The monoisotopic (exact) mass is 282 g/mol. The molecule has 4 N–H and O–H groups in total. The van der Waals surface area contributed by atoms with Crippen LogP contribution < -0.4 is 16.0 Å². The lowest BCUT2D eigenvalue weighted by Gasteiger charge is -2.19. The van der Waals surface area contributed by atoms with Crippen LogP contribution in [0.1, 0.15) is 33.6 Å². The van der Waals surface area contributed by atoms with Crippen molar-refractivity contribution in [3.05, 3.63) is 0 Å². The van der Waals surface area contributed by atoms with E-state index in [0.717, 1.165) is 32.5 Å². The first kappa shape index (κ1) is 16.4. The van der Waals surface area contributed by atoms with Crippen LogP contribution in [0.3, 0.4) is 0 Å². The Labute approximate surface area is 120 Å². The van der Waals surface area contributed by atoms with Crippen LogP contribution in [0.25, 0.3) is 0 Å². The van der Waals surface area contributed by atoms with Crippen LogP contribution in [0.4, 0.5) is 17.8 Å². The van der Waals surface area contributed by atoms with Gasteiger partial charge in [-0.15, -0.1) is 0 Å². The van der Waals surface area contributed by atoms with E-state index >= 15 is 0 Å². The molecule has 0 aliphatic carbocycles. The fourth-order valence-electron chi connectivity index (χ4n) is 1.85. The lowest BCUT2D eigenvalue weighted by molar-refractivity contribution is 0.229. The van der Waals surface area contributed by atoms with Crippen LogP contribution in [0.5, 0.6) is 0 Å². The van der Waals surface area contributed by atoms with Gasteiger partial charge in [0.2, 0.25) is 17.8 Å². The SMILES string of the molecule is CCN(CC)c1nc(N)nc(NCCCC(C)CO)n1. The summed E-state index contributed by atoms with van der Waals surface area (Å²) >= 11 is 0. The van der Waals surface area contributed by atoms with Gasteiger partial charge in [0, 0.05) is 26.2 Å². The van der Waals surface area contributed by atoms with Crippen molar-refractivity contribution in [1.82, 2.24) is 15.0 Å². The lowest BCUT2D eigenvalue weighted by atomic mass is 10.1. The molecular formula is C13H26N6O. The summed E-state index contributed by atoms with van der Waals surface area (Å²) in [5, 5.41) is 12.1. The number of nitrogens with zero attached hydrogens (tertiary/aromatic N) is 4. The minimum Gasteiger partial charge on any atom is -0.396 e. The fourth-order valence-corrected chi connectivity index (χ4v) is 1.85. The summed E-state index contributed by atoms with van der Waals surface area (Å²) in [6.07, 6.45) is 1.92. The van der Waals surface area contributed by atoms with Gasteiger partial charge < -0.3 is 21.1 Å². The number of aliphatic hydroxyl groups is 1. The molecule has 0 aliphatic heterocycles. The Hall–Kier alpha value is -1.63. The summed E-state index contributed by atoms with van der Waals surface area (Å²) in [7, 11) is 0. The van der Waals surface area contributed by atoms with Gasteiger partial charge in [0.1, 0.15) is 0 Å². The number of aliphatic hydroxyl groups excluding tert-OH is 1. The predicted octanol–water partition coefficient (Wildman–Crippen LogP) is 1.12. The summed E-state index contributed by atoms with van der Waals surface area (Å²) in [6.45, 7) is 8.76. The zero-order chi connectivity index (χ0) is 15.0. The largest absolute Gasteiger partial charge is 0.396 e. The van der Waals surface area contributed by atoms with E-state index in [1.54, 1.807) is 0 Å². The lowest BCUT2D eigenvalue weighted by Crippen LogP contribution is -2.25. The van der Waals surface area contributed by atoms with Gasteiger partial charge in [0.15, 0.2) is 0 Å². The van der Waals surface area contributed by atoms with Crippen molar-refractivity contribution in [2.45, 2.75) is 33.6 Å². The van der Waals surface area contributed by atoms with E-state index in [1.165, 1.54) is 0 Å². The van der Waals surface area contributed by atoms with E-state index in [1.807, 2.05) is 25.7 Å². The molecule has 1 heterocycles. The molecule has 1 aromatic heterocycles. The average molecular weight is 282 g/mol. The van der Waals surface area contributed by atoms with E-state index in [4.69, 9.17) is 10.8 Å². The number of hydrogen-bond donors (Lipinski definition) is 3. The van der Waals surface area contributed by atoms with Crippen molar-refractivity contribution < 1.29 is 5.11 Å². The van der Waals surface area contributed by atoms with Gasteiger partial charge in [-0.2, -0.15) is 15.0 Å². The molecule has 1 rings (SSSR count). The van der Waals surface area contributed by atoms with Crippen molar-refractivity contribution >= 4 is 17.8 Å². The summed E-state index contributed by atoms with van der Waals surface area (Å²) in [5.41, 5.74) is 5.72. The highest BCUT2D eigenvalue weighted by atomic mass is 16.3. The highest BCUT2D eigenvalue weighted by molar-refractivity contribution is 5.41. The molecule has 1 aromatic rings. The highest BCUT2D eigenvalue weighted by Gasteiger charge is 2.09. The van der Waals surface area contributed by atoms with Gasteiger partial charge in [-0.3, -0.25) is 0 Å². The molecule has 1 unspecified atom stereocenters. The van der Waals surface area contributed by atoms with Crippen molar-refractivity contribution in [1.29, 1.82) is 0 Å². The molecule has 1 atom stereocenters. The standard InChI is InChI=1S/C13H26N6O/c1-4-19(5-2)13-17-11(14)16-12(18-13)15-8-6-7-10(3)9-20/h10,20H,4-9H2,1-3H3,(H3,14,15,16,17,18). The Bertz CT molecular complexity index is 396. The molecule has 0 bridgehead atoms. The zero-order valence-corrected chi connectivity index (χ0v) is 12.6. The number of nitrogens with two attached hydrogens (primary N) is 1. The summed E-state index contributed by atoms with van der Waals surface area (Å²) in [5.74, 6) is 1.67. The van der Waals surface area contributed by atoms with Crippen LogP contribution in [0.2, 0.25) is 0 Å². The predicted molar refractivity (Wildman–Crippen MR) is 81.8 cm³/mol. The van der Waals surface area contributed by atoms with Gasteiger partial charge in [0.05, 0.1) is 0 Å². The third-order valence-electron chi connectivity index (χ3n) is 3.16. The van der Waals surface area contributed by atoms with Gasteiger partial charge in [-0.25, -0.2) is 0 Å². The molecule has 0 spiro atoms. The topological polar surface area (TPSA) is 100 Å². The second-order valence-corrected chi connectivity index (χ2v) is 4.85. The fraction of sp³-hybridized carbons (Fsp3) is 0.769. The molecule has 0 aliphatic rings. The van der Waals surface area contributed by atoms with E-state index < -0.39 is 0 Å². The number of hydrogen-bond acceptors (Lipinski definition) is 7. The molecule has 20 heavy (non-hydrogen) atoms. The molecule has 0 saturated heterocycles. The van der Waals surface area contributed by atoms with E-state index in [-0.39, 0.29) is 12.6 Å². The average Bonchev–Trinajstić information content (AvgIpc) is 2.44. The maximum absolute atomic E-state index is 8.96. The molecule has 0 saturated carbocycles. The van der Waals surface area contributed by atoms with E-state index in [2.05, 4.69) is 20.3 Å². The van der Waals surface area contributed by atoms with Crippen LogP contribution in [0.15, 0.2) is 0 Å². The first-order chi connectivity index (χ1) is 9.60. The third kappa shape index (κ3) is 5.16. The molecule has 0 radical (unpaired) electrons. The molecule has 7 nitrogen and oxygen atoms in total. The third-order valence-corrected chi connectivity index (χ3v) is 3.16. The number of nitrogen functional groups attached to an aromatic ring is 1. The first-order valence-electron chi connectivity index (χ1n) is 7.21. The van der Waals surface area contributed by atoms with Gasteiger partial charge in [0.25, 0.3) is 0 Å².